The summed E-state index contributed by atoms with van der Waals surface area (Å²) in [6, 6.07) is 2.81. The lowest BCUT2D eigenvalue weighted by Gasteiger charge is -2.26. The van der Waals surface area contributed by atoms with Gasteiger partial charge in [0.2, 0.25) is 5.91 Å². The number of benzene rings is 1. The van der Waals surface area contributed by atoms with Crippen molar-refractivity contribution in [2.75, 3.05) is 18.5 Å². The summed E-state index contributed by atoms with van der Waals surface area (Å²) in [5.41, 5.74) is 0.263. The summed E-state index contributed by atoms with van der Waals surface area (Å²) in [6.07, 6.45) is -2.91. The molecule has 0 unspecified atom stereocenters. The van der Waals surface area contributed by atoms with Crippen molar-refractivity contribution in [2.24, 2.45) is 0 Å². The number of anilines is 1. The Morgan fingerprint density at radius 1 is 1.43 bits per heavy atom. The van der Waals surface area contributed by atoms with Gasteiger partial charge in [-0.3, -0.25) is 9.69 Å². The molecule has 0 aliphatic carbocycles. The van der Waals surface area contributed by atoms with Gasteiger partial charge in [0, 0.05) is 23.6 Å². The highest BCUT2D eigenvalue weighted by Gasteiger charge is 2.41. The van der Waals surface area contributed by atoms with E-state index >= 15 is 0 Å². The Morgan fingerprint density at radius 3 is 2.67 bits per heavy atom. The van der Waals surface area contributed by atoms with Crippen molar-refractivity contribution in [3.63, 3.8) is 0 Å². The normalized spacial score (nSPS) is 21.4. The van der Waals surface area contributed by atoms with Gasteiger partial charge in [-0.05, 0) is 18.2 Å². The van der Waals surface area contributed by atoms with Crippen LogP contribution in [0.3, 0.4) is 0 Å². The van der Waals surface area contributed by atoms with Crippen LogP contribution in [0, 0.1) is 5.82 Å². The smallest absolute Gasteiger partial charge is 0.408 e. The van der Waals surface area contributed by atoms with E-state index in [4.69, 9.17) is 5.11 Å². The van der Waals surface area contributed by atoms with Crippen molar-refractivity contribution < 1.29 is 23.5 Å². The van der Waals surface area contributed by atoms with E-state index in [1.807, 2.05) is 0 Å². The molecule has 1 saturated heterocycles. The number of halogens is 3. The number of hydrogen-bond donors (Lipinski definition) is 1. The SMILES string of the molecule is CN(C(=O)[C@@H]1C[C@@H](F)CN1C(=O)O)c1cc(F)cc(Br)c1. The maximum absolute atomic E-state index is 13.4. The molecule has 0 aromatic heterocycles. The van der Waals surface area contributed by atoms with Gasteiger partial charge in [0.1, 0.15) is 18.0 Å². The third-order valence-corrected chi connectivity index (χ3v) is 3.80. The van der Waals surface area contributed by atoms with E-state index in [2.05, 4.69) is 15.9 Å². The number of likely N-dealkylation sites (tertiary alicyclic amines) is 1. The van der Waals surface area contributed by atoms with Gasteiger partial charge in [-0.25, -0.2) is 13.6 Å². The van der Waals surface area contributed by atoms with Crippen molar-refractivity contribution in [3.8, 4) is 0 Å². The molecule has 1 aromatic carbocycles. The predicted octanol–water partition coefficient (Wildman–Crippen LogP) is 2.64. The van der Waals surface area contributed by atoms with Crippen LogP contribution in [0.5, 0.6) is 0 Å². The first kappa shape index (κ1) is 15.7. The molecule has 1 aromatic rings. The van der Waals surface area contributed by atoms with Crippen LogP contribution in [0.4, 0.5) is 19.3 Å². The van der Waals surface area contributed by atoms with Gasteiger partial charge in [0.05, 0.1) is 6.54 Å². The van der Waals surface area contributed by atoms with E-state index in [0.717, 1.165) is 15.9 Å². The molecule has 1 N–H and O–H groups in total. The third-order valence-electron chi connectivity index (χ3n) is 3.35. The highest BCUT2D eigenvalue weighted by molar-refractivity contribution is 9.10. The zero-order valence-corrected chi connectivity index (χ0v) is 12.7. The molecule has 0 radical (unpaired) electrons. The second-order valence-electron chi connectivity index (χ2n) is 4.81. The zero-order valence-electron chi connectivity index (χ0n) is 11.1. The minimum atomic E-state index is -1.37. The standard InChI is InChI=1S/C13H13BrF2N2O3/c1-17(10-3-7(14)2-8(15)4-10)12(19)11-5-9(16)6-18(11)13(20)21/h2-4,9,11H,5-6H2,1H3,(H,20,21)/t9-,11+/m1/s1. The van der Waals surface area contributed by atoms with E-state index in [1.165, 1.54) is 19.2 Å². The number of amides is 2. The molecule has 2 atom stereocenters. The summed E-state index contributed by atoms with van der Waals surface area (Å²) in [7, 11) is 1.40. The highest BCUT2D eigenvalue weighted by atomic mass is 79.9. The van der Waals surface area contributed by atoms with Crippen LogP contribution in [-0.2, 0) is 4.79 Å². The van der Waals surface area contributed by atoms with Crippen LogP contribution in [0.1, 0.15) is 6.42 Å². The van der Waals surface area contributed by atoms with Crippen molar-refractivity contribution in [1.82, 2.24) is 4.90 Å². The highest BCUT2D eigenvalue weighted by Crippen LogP contribution is 2.26. The molecule has 1 aliphatic heterocycles. The van der Waals surface area contributed by atoms with Gasteiger partial charge in [0.15, 0.2) is 0 Å². The molecular formula is C13H13BrF2N2O3. The Balaban J connectivity index is 2.24. The van der Waals surface area contributed by atoms with Gasteiger partial charge < -0.3 is 10.0 Å². The molecule has 2 rings (SSSR count). The number of rotatable bonds is 2. The van der Waals surface area contributed by atoms with Gasteiger partial charge in [0.25, 0.3) is 0 Å². The number of nitrogens with zero attached hydrogens (tertiary/aromatic N) is 2. The number of carboxylic acid groups (broad SMARTS) is 1. The molecule has 114 valence electrons. The Labute approximate surface area is 128 Å². The second-order valence-corrected chi connectivity index (χ2v) is 5.72. The summed E-state index contributed by atoms with van der Waals surface area (Å²) in [5, 5.41) is 9.01. The summed E-state index contributed by atoms with van der Waals surface area (Å²) < 4.78 is 27.2. The number of hydrogen-bond acceptors (Lipinski definition) is 2. The molecule has 8 heteroatoms. The summed E-state index contributed by atoms with van der Waals surface area (Å²) in [5.74, 6) is -1.13. The largest absolute Gasteiger partial charge is 0.465 e. The lowest BCUT2D eigenvalue weighted by Crippen LogP contribution is -2.46. The van der Waals surface area contributed by atoms with Crippen molar-refractivity contribution in [1.29, 1.82) is 0 Å². The third kappa shape index (κ3) is 3.31. The lowest BCUT2D eigenvalue weighted by atomic mass is 10.1. The minimum absolute atomic E-state index is 0.189. The molecule has 0 bridgehead atoms. The average molecular weight is 363 g/mol. The fourth-order valence-electron chi connectivity index (χ4n) is 2.31. The van der Waals surface area contributed by atoms with Crippen LogP contribution < -0.4 is 4.90 Å². The Morgan fingerprint density at radius 2 is 2.10 bits per heavy atom. The van der Waals surface area contributed by atoms with Gasteiger partial charge in [-0.2, -0.15) is 0 Å². The number of likely N-dealkylation sites (N-methyl/N-ethyl adjacent to an activating group) is 1. The topological polar surface area (TPSA) is 60.9 Å². The van der Waals surface area contributed by atoms with Crippen molar-refractivity contribution in [2.45, 2.75) is 18.6 Å². The molecule has 2 amide bonds. The van der Waals surface area contributed by atoms with Crippen LogP contribution in [-0.4, -0.2) is 47.8 Å². The van der Waals surface area contributed by atoms with E-state index < -0.39 is 30.0 Å². The molecule has 1 aliphatic rings. The van der Waals surface area contributed by atoms with E-state index in [-0.39, 0.29) is 18.7 Å². The molecule has 0 saturated carbocycles. The van der Waals surface area contributed by atoms with Gasteiger partial charge >= 0.3 is 6.09 Å². The van der Waals surface area contributed by atoms with Crippen molar-refractivity contribution >= 4 is 33.6 Å². The number of alkyl halides is 1. The van der Waals surface area contributed by atoms with E-state index in [0.29, 0.717) is 4.47 Å². The van der Waals surface area contributed by atoms with Gasteiger partial charge in [-0.1, -0.05) is 15.9 Å². The Kier molecular flexibility index (Phi) is 4.46. The zero-order chi connectivity index (χ0) is 15.7. The predicted molar refractivity (Wildman–Crippen MR) is 75.5 cm³/mol. The quantitative estimate of drug-likeness (QED) is 0.879. The first-order valence-electron chi connectivity index (χ1n) is 6.17. The fourth-order valence-corrected chi connectivity index (χ4v) is 2.77. The minimum Gasteiger partial charge on any atom is -0.465 e. The van der Waals surface area contributed by atoms with Crippen LogP contribution in [0.15, 0.2) is 22.7 Å². The number of carbonyl (C=O) groups excluding carboxylic acids is 1. The number of carbonyl (C=O) groups is 2. The Hall–Kier alpha value is -1.70. The monoisotopic (exact) mass is 362 g/mol. The van der Waals surface area contributed by atoms with E-state index in [1.54, 1.807) is 0 Å². The van der Waals surface area contributed by atoms with Crippen LogP contribution >= 0.6 is 15.9 Å². The first-order chi connectivity index (χ1) is 9.79. The molecular weight excluding hydrogens is 350 g/mol. The van der Waals surface area contributed by atoms with Crippen LogP contribution in [0.2, 0.25) is 0 Å². The second kappa shape index (κ2) is 5.97. The average Bonchev–Trinajstić information content (AvgIpc) is 2.78. The summed E-state index contributed by atoms with van der Waals surface area (Å²) >= 11 is 3.12. The maximum Gasteiger partial charge on any atom is 0.408 e. The molecule has 1 heterocycles. The molecule has 5 nitrogen and oxygen atoms in total. The van der Waals surface area contributed by atoms with Crippen molar-refractivity contribution in [3.05, 3.63) is 28.5 Å². The van der Waals surface area contributed by atoms with Gasteiger partial charge in [-0.15, -0.1) is 0 Å². The first-order valence-corrected chi connectivity index (χ1v) is 6.96. The molecule has 0 spiro atoms. The summed E-state index contributed by atoms with van der Waals surface area (Å²) in [4.78, 5) is 25.3. The maximum atomic E-state index is 13.4. The lowest BCUT2D eigenvalue weighted by molar-refractivity contribution is -0.122. The van der Waals surface area contributed by atoms with E-state index in [9.17, 15) is 18.4 Å². The molecule has 21 heavy (non-hydrogen) atoms. The van der Waals surface area contributed by atoms with Crippen LogP contribution in [0.25, 0.3) is 0 Å². The Bertz CT molecular complexity index is 564. The fraction of sp³-hybridized carbons (Fsp3) is 0.385. The summed E-state index contributed by atoms with van der Waals surface area (Å²) in [6.45, 7) is -0.327. The molecule has 1 fully saturated rings.